The first kappa shape index (κ1) is 12.3. The molecule has 0 heterocycles. The number of hydrogen-bond acceptors (Lipinski definition) is 0. The molecule has 0 aliphatic carbocycles. The zero-order valence-electron chi connectivity index (χ0n) is 5.97. The second kappa shape index (κ2) is 4.80. The lowest BCUT2D eigenvalue weighted by Crippen LogP contribution is -1.86. The summed E-state index contributed by atoms with van der Waals surface area (Å²) < 4.78 is 4.44. The maximum Gasteiger partial charge on any atom is 0.0550 e. The van der Waals surface area contributed by atoms with Crippen molar-refractivity contribution in [3.05, 3.63) is 27.9 Å². The van der Waals surface area contributed by atoms with Crippen LogP contribution in [-0.2, 0) is 0 Å². The van der Waals surface area contributed by atoms with Crippen LogP contribution in [0.1, 0.15) is 5.56 Å². The number of rotatable bonds is 0. The van der Waals surface area contributed by atoms with E-state index >= 15 is 0 Å². The summed E-state index contributed by atoms with van der Waals surface area (Å²) in [5, 5.41) is 0. The van der Waals surface area contributed by atoms with Gasteiger partial charge in [-0.25, -0.2) is 0 Å². The highest BCUT2D eigenvalue weighted by atomic mass is 79.9. The summed E-state index contributed by atoms with van der Waals surface area (Å²) in [5.41, 5.74) is 0.780. The van der Waals surface area contributed by atoms with Crippen LogP contribution < -0.4 is 0 Å². The minimum absolute atomic E-state index is 0.780. The maximum absolute atomic E-state index is 5.37. The Kier molecular flexibility index (Phi) is 4.52. The van der Waals surface area contributed by atoms with Gasteiger partial charge in [0.25, 0.3) is 0 Å². The van der Waals surface area contributed by atoms with Crippen LogP contribution in [0.4, 0.5) is 0 Å². The van der Waals surface area contributed by atoms with Gasteiger partial charge in [-0.3, -0.25) is 0 Å². The van der Waals surface area contributed by atoms with Crippen LogP contribution >= 0.6 is 79.6 Å². The average Bonchev–Trinajstić information content (AvgIpc) is 2.13. The van der Waals surface area contributed by atoms with E-state index in [1.807, 2.05) is 0 Å². The third-order valence-corrected chi connectivity index (χ3v) is 7.45. The monoisotopic (exact) mass is 492 g/mol. The summed E-state index contributed by atoms with van der Waals surface area (Å²) in [6.45, 7) is 0. The second-order valence-corrected chi connectivity index (χ2v) is 6.05. The van der Waals surface area contributed by atoms with Crippen molar-refractivity contribution in [3.63, 3.8) is 0 Å². The SMILES string of the molecule is C#Cc1c(Br)c(Br)c(Br)c(Br)c1Br. The van der Waals surface area contributed by atoms with Crippen molar-refractivity contribution in [3.8, 4) is 12.3 Å². The minimum atomic E-state index is 0.780. The molecule has 5 heteroatoms. The van der Waals surface area contributed by atoms with E-state index in [0.717, 1.165) is 27.9 Å². The number of hydrogen-bond donors (Lipinski definition) is 0. The van der Waals surface area contributed by atoms with E-state index in [1.54, 1.807) is 0 Å². The lowest BCUT2D eigenvalue weighted by atomic mass is 10.2. The molecule has 1 rings (SSSR count). The lowest BCUT2D eigenvalue weighted by molar-refractivity contribution is 1.42. The Balaban J connectivity index is 3.69. The van der Waals surface area contributed by atoms with E-state index in [4.69, 9.17) is 6.42 Å². The van der Waals surface area contributed by atoms with Gasteiger partial charge in [-0.05, 0) is 79.6 Å². The van der Waals surface area contributed by atoms with Crippen molar-refractivity contribution in [1.29, 1.82) is 0 Å². The van der Waals surface area contributed by atoms with Gasteiger partial charge in [0.15, 0.2) is 0 Å². The molecule has 1 aromatic rings. The lowest BCUT2D eigenvalue weighted by Gasteiger charge is -2.08. The molecule has 0 radical (unpaired) electrons. The van der Waals surface area contributed by atoms with Crippen LogP contribution in [0.2, 0.25) is 0 Å². The summed E-state index contributed by atoms with van der Waals surface area (Å²) in [7, 11) is 0. The van der Waals surface area contributed by atoms with Gasteiger partial charge in [0.2, 0.25) is 0 Å². The van der Waals surface area contributed by atoms with Gasteiger partial charge in [0, 0.05) is 22.4 Å². The molecule has 0 saturated heterocycles. The highest BCUT2D eigenvalue weighted by Gasteiger charge is 2.15. The average molecular weight is 497 g/mol. The van der Waals surface area contributed by atoms with E-state index in [0.29, 0.717) is 0 Å². The molecule has 13 heavy (non-hydrogen) atoms. The van der Waals surface area contributed by atoms with E-state index in [2.05, 4.69) is 85.6 Å². The van der Waals surface area contributed by atoms with Crippen molar-refractivity contribution >= 4 is 79.6 Å². The molecule has 0 spiro atoms. The number of halogens is 5. The van der Waals surface area contributed by atoms with Crippen molar-refractivity contribution in [2.75, 3.05) is 0 Å². The first-order chi connectivity index (χ1) is 6.00. The van der Waals surface area contributed by atoms with E-state index in [9.17, 15) is 0 Å². The molecular formula is C8HBr5. The Morgan fingerprint density at radius 2 is 1.00 bits per heavy atom. The van der Waals surface area contributed by atoms with Gasteiger partial charge in [0.05, 0.1) is 5.56 Å². The molecule has 68 valence electrons. The van der Waals surface area contributed by atoms with Crippen LogP contribution in [0.3, 0.4) is 0 Å². The summed E-state index contributed by atoms with van der Waals surface area (Å²) in [4.78, 5) is 0. The zero-order chi connectivity index (χ0) is 10.2. The normalized spacial score (nSPS) is 9.85. The molecule has 0 aliphatic heterocycles. The first-order valence-corrected chi connectivity index (χ1v) is 6.95. The van der Waals surface area contributed by atoms with Gasteiger partial charge >= 0.3 is 0 Å². The van der Waals surface area contributed by atoms with Gasteiger partial charge in [-0.1, -0.05) is 5.92 Å². The Morgan fingerprint density at radius 3 is 1.31 bits per heavy atom. The van der Waals surface area contributed by atoms with E-state index in [-0.39, 0.29) is 0 Å². The molecule has 0 aliphatic rings. The van der Waals surface area contributed by atoms with Crippen LogP contribution in [0.5, 0.6) is 0 Å². The predicted molar refractivity (Wildman–Crippen MR) is 72.9 cm³/mol. The summed E-state index contributed by atoms with van der Waals surface area (Å²) in [6.07, 6.45) is 5.37. The third-order valence-electron chi connectivity index (χ3n) is 1.35. The zero-order valence-corrected chi connectivity index (χ0v) is 13.9. The first-order valence-electron chi connectivity index (χ1n) is 2.98. The van der Waals surface area contributed by atoms with E-state index < -0.39 is 0 Å². The topological polar surface area (TPSA) is 0 Å². The van der Waals surface area contributed by atoms with Crippen molar-refractivity contribution in [1.82, 2.24) is 0 Å². The summed E-state index contributed by atoms with van der Waals surface area (Å²) in [6, 6.07) is 0. The molecule has 0 aromatic heterocycles. The van der Waals surface area contributed by atoms with Crippen LogP contribution in [0.15, 0.2) is 22.4 Å². The second-order valence-electron chi connectivity index (χ2n) is 2.09. The molecule has 1 aromatic carbocycles. The van der Waals surface area contributed by atoms with Crippen LogP contribution in [-0.4, -0.2) is 0 Å². The Hall–Kier alpha value is 1.18. The molecule has 0 fully saturated rings. The van der Waals surface area contributed by atoms with Crippen LogP contribution in [0, 0.1) is 12.3 Å². The van der Waals surface area contributed by atoms with Gasteiger partial charge < -0.3 is 0 Å². The molecule has 0 atom stereocenters. The minimum Gasteiger partial charge on any atom is -0.115 e. The van der Waals surface area contributed by atoms with Crippen molar-refractivity contribution < 1.29 is 0 Å². The molecule has 0 bridgehead atoms. The number of benzene rings is 1. The molecule has 0 nitrogen and oxygen atoms in total. The smallest absolute Gasteiger partial charge is 0.0550 e. The van der Waals surface area contributed by atoms with Crippen molar-refractivity contribution in [2.45, 2.75) is 0 Å². The molecule has 0 amide bonds. The van der Waals surface area contributed by atoms with Crippen molar-refractivity contribution in [2.24, 2.45) is 0 Å². The molecule has 0 saturated carbocycles. The number of terminal acetylenes is 1. The molecular weight excluding hydrogens is 496 g/mol. The van der Waals surface area contributed by atoms with Gasteiger partial charge in [-0.15, -0.1) is 6.42 Å². The highest BCUT2D eigenvalue weighted by molar-refractivity contribution is 9.15. The Morgan fingerprint density at radius 1 is 0.692 bits per heavy atom. The molecule has 0 unspecified atom stereocenters. The quantitative estimate of drug-likeness (QED) is 0.254. The summed E-state index contributed by atoms with van der Waals surface area (Å²) >= 11 is 17.1. The van der Waals surface area contributed by atoms with Crippen LogP contribution in [0.25, 0.3) is 0 Å². The predicted octanol–water partition coefficient (Wildman–Crippen LogP) is 5.48. The largest absolute Gasteiger partial charge is 0.115 e. The molecule has 0 N–H and O–H groups in total. The highest BCUT2D eigenvalue weighted by Crippen LogP contribution is 2.43. The van der Waals surface area contributed by atoms with Gasteiger partial charge in [-0.2, -0.15) is 0 Å². The Labute approximate surface area is 118 Å². The maximum atomic E-state index is 5.37. The fourth-order valence-electron chi connectivity index (χ4n) is 0.732. The fourth-order valence-corrected chi connectivity index (χ4v) is 4.01. The fraction of sp³-hybridized carbons (Fsp3) is 0. The summed E-state index contributed by atoms with van der Waals surface area (Å²) in [5.74, 6) is 2.60. The third kappa shape index (κ3) is 2.23. The van der Waals surface area contributed by atoms with Gasteiger partial charge in [0.1, 0.15) is 0 Å². The standard InChI is InChI=1S/C8HBr5/c1-2-3-4(9)6(11)8(13)7(12)5(3)10/h1H. The Bertz CT molecular complexity index is 373. The van der Waals surface area contributed by atoms with E-state index in [1.165, 1.54) is 0 Å².